The zero-order valence-corrected chi connectivity index (χ0v) is 15.5. The van der Waals surface area contributed by atoms with Gasteiger partial charge in [0.1, 0.15) is 12.2 Å². The lowest BCUT2D eigenvalue weighted by Gasteiger charge is -2.29. The third-order valence-electron chi connectivity index (χ3n) is 5.59. The van der Waals surface area contributed by atoms with E-state index in [4.69, 9.17) is 9.47 Å². The number of hydrogen-bond donors (Lipinski definition) is 0. The van der Waals surface area contributed by atoms with Crippen LogP contribution >= 0.6 is 0 Å². The monoisotopic (exact) mass is 346 g/mol. The lowest BCUT2D eigenvalue weighted by molar-refractivity contribution is -0.154. The summed E-state index contributed by atoms with van der Waals surface area (Å²) in [6, 6.07) is 0. The van der Waals surface area contributed by atoms with Gasteiger partial charge in [-0.1, -0.05) is 31.9 Å². The van der Waals surface area contributed by atoms with E-state index in [-0.39, 0.29) is 41.4 Å². The Morgan fingerprint density at radius 2 is 2.00 bits per heavy atom. The summed E-state index contributed by atoms with van der Waals surface area (Å²) in [6.07, 6.45) is 1.59. The molecule has 1 heterocycles. The first-order valence-electron chi connectivity index (χ1n) is 9.02. The number of ketones is 1. The van der Waals surface area contributed by atoms with Gasteiger partial charge in [0.2, 0.25) is 0 Å². The van der Waals surface area contributed by atoms with Crippen LogP contribution in [0.15, 0.2) is 22.8 Å². The molecule has 0 unspecified atom stereocenters. The van der Waals surface area contributed by atoms with Gasteiger partial charge in [0.15, 0.2) is 5.78 Å². The number of rotatable bonds is 3. The second kappa shape index (κ2) is 6.43. The molecular weight excluding hydrogens is 320 g/mol. The summed E-state index contributed by atoms with van der Waals surface area (Å²) in [4.78, 5) is 36.9. The van der Waals surface area contributed by atoms with Crippen LogP contribution in [-0.2, 0) is 23.9 Å². The molecule has 0 aromatic carbocycles. The van der Waals surface area contributed by atoms with Crippen molar-refractivity contribution in [3.8, 4) is 0 Å². The van der Waals surface area contributed by atoms with Gasteiger partial charge in [0, 0.05) is 30.3 Å². The van der Waals surface area contributed by atoms with Crippen molar-refractivity contribution in [1.82, 2.24) is 0 Å². The molecule has 5 atom stereocenters. The third kappa shape index (κ3) is 3.05. The maximum atomic E-state index is 12.4. The van der Waals surface area contributed by atoms with Crippen LogP contribution in [0.2, 0.25) is 0 Å². The molecule has 0 bridgehead atoms. The Balaban J connectivity index is 1.97. The smallest absolute Gasteiger partial charge is 0.309 e. The largest absolute Gasteiger partial charge is 0.462 e. The molecule has 1 saturated heterocycles. The van der Waals surface area contributed by atoms with Gasteiger partial charge in [0.05, 0.1) is 5.92 Å². The summed E-state index contributed by atoms with van der Waals surface area (Å²) in [7, 11) is 0. The molecule has 0 saturated carbocycles. The van der Waals surface area contributed by atoms with Gasteiger partial charge in [-0.05, 0) is 25.8 Å². The van der Waals surface area contributed by atoms with E-state index in [2.05, 4.69) is 0 Å². The number of ether oxygens (including phenoxy) is 2. The first-order valence-corrected chi connectivity index (χ1v) is 9.02. The molecule has 5 nitrogen and oxygen atoms in total. The topological polar surface area (TPSA) is 69.7 Å². The van der Waals surface area contributed by atoms with Gasteiger partial charge in [-0.3, -0.25) is 14.4 Å². The number of hydrogen-bond acceptors (Lipinski definition) is 5. The van der Waals surface area contributed by atoms with Crippen LogP contribution in [0.4, 0.5) is 0 Å². The van der Waals surface area contributed by atoms with E-state index in [0.29, 0.717) is 12.8 Å². The fourth-order valence-electron chi connectivity index (χ4n) is 4.46. The van der Waals surface area contributed by atoms with E-state index in [9.17, 15) is 14.4 Å². The normalized spacial score (nSPS) is 34.5. The van der Waals surface area contributed by atoms with Crippen molar-refractivity contribution in [2.75, 3.05) is 0 Å². The zero-order valence-electron chi connectivity index (χ0n) is 15.5. The fraction of sp³-hybridized carbons (Fsp3) is 0.650. The molecule has 3 aliphatic rings. The predicted octanol–water partition coefficient (Wildman–Crippen LogP) is 2.99. The van der Waals surface area contributed by atoms with E-state index < -0.39 is 12.2 Å². The highest BCUT2D eigenvalue weighted by Crippen LogP contribution is 2.48. The van der Waals surface area contributed by atoms with Crippen LogP contribution in [0, 0.1) is 23.7 Å². The number of esters is 2. The van der Waals surface area contributed by atoms with Gasteiger partial charge in [-0.15, -0.1) is 0 Å². The summed E-state index contributed by atoms with van der Waals surface area (Å²) < 4.78 is 11.5. The second-order valence-electron chi connectivity index (χ2n) is 8.02. The summed E-state index contributed by atoms with van der Waals surface area (Å²) in [5.41, 5.74) is 2.57. The second-order valence-corrected chi connectivity index (χ2v) is 8.02. The first kappa shape index (κ1) is 17.9. The Labute approximate surface area is 148 Å². The molecule has 2 aliphatic carbocycles. The van der Waals surface area contributed by atoms with Gasteiger partial charge in [-0.25, -0.2) is 0 Å². The standard InChI is InChI=1S/C20H26O5/c1-9(2)6-15(22)24-14-8-11(4)16-13(21)7-10(3)17(16)19-18(14)12(5)20(23)25-19/h7,9,12,14,17-19H,6,8H2,1-5H3/t12-,14-,17-,18+,19+/m1/s1. The average molecular weight is 346 g/mol. The average Bonchev–Trinajstić information content (AvgIpc) is 2.89. The SMILES string of the molecule is CC1=CC(=O)C2=C(C)C[C@@H](OC(=O)CC(C)C)[C@H]3[C@@H](OC(=O)[C@@H]3C)[C@H]12. The van der Waals surface area contributed by atoms with Crippen molar-refractivity contribution >= 4 is 17.7 Å². The van der Waals surface area contributed by atoms with Gasteiger partial charge < -0.3 is 9.47 Å². The van der Waals surface area contributed by atoms with Crippen LogP contribution in [0.3, 0.4) is 0 Å². The number of carbonyl (C=O) groups is 3. The quantitative estimate of drug-likeness (QED) is 0.735. The van der Waals surface area contributed by atoms with E-state index >= 15 is 0 Å². The van der Waals surface area contributed by atoms with Crippen LogP contribution in [0.25, 0.3) is 0 Å². The molecule has 0 aromatic heterocycles. The number of allylic oxidation sites excluding steroid dienone is 1. The molecule has 0 radical (unpaired) electrons. The van der Waals surface area contributed by atoms with Crippen LogP contribution in [0.1, 0.15) is 47.5 Å². The molecule has 0 aromatic rings. The molecule has 5 heteroatoms. The van der Waals surface area contributed by atoms with Crippen LogP contribution in [0.5, 0.6) is 0 Å². The lowest BCUT2D eigenvalue weighted by Crippen LogP contribution is -2.38. The maximum absolute atomic E-state index is 12.4. The minimum Gasteiger partial charge on any atom is -0.462 e. The molecule has 1 fully saturated rings. The highest BCUT2D eigenvalue weighted by atomic mass is 16.6. The van der Waals surface area contributed by atoms with E-state index in [1.807, 2.05) is 34.6 Å². The van der Waals surface area contributed by atoms with Crippen molar-refractivity contribution in [2.24, 2.45) is 23.7 Å². The van der Waals surface area contributed by atoms with E-state index in [1.165, 1.54) is 0 Å². The molecule has 0 N–H and O–H groups in total. The first-order chi connectivity index (χ1) is 11.7. The van der Waals surface area contributed by atoms with Gasteiger partial charge in [0.25, 0.3) is 0 Å². The van der Waals surface area contributed by atoms with Crippen LogP contribution < -0.4 is 0 Å². The predicted molar refractivity (Wildman–Crippen MR) is 91.4 cm³/mol. The molecule has 136 valence electrons. The van der Waals surface area contributed by atoms with Gasteiger partial charge >= 0.3 is 11.9 Å². The number of carbonyl (C=O) groups excluding carboxylic acids is 3. The summed E-state index contributed by atoms with van der Waals surface area (Å²) >= 11 is 0. The Kier molecular flexibility index (Phi) is 4.60. The number of fused-ring (bicyclic) bond motifs is 3. The summed E-state index contributed by atoms with van der Waals surface area (Å²) in [6.45, 7) is 9.58. The van der Waals surface area contributed by atoms with Crippen molar-refractivity contribution in [2.45, 2.75) is 59.7 Å². The lowest BCUT2D eigenvalue weighted by atomic mass is 9.79. The molecule has 1 aliphatic heterocycles. The molecule has 25 heavy (non-hydrogen) atoms. The van der Waals surface area contributed by atoms with Crippen molar-refractivity contribution in [3.63, 3.8) is 0 Å². The minimum absolute atomic E-state index is 0.0106. The van der Waals surface area contributed by atoms with E-state index in [1.54, 1.807) is 6.08 Å². The van der Waals surface area contributed by atoms with Gasteiger partial charge in [-0.2, -0.15) is 0 Å². The van der Waals surface area contributed by atoms with Crippen LogP contribution in [-0.4, -0.2) is 29.9 Å². The van der Waals surface area contributed by atoms with E-state index in [0.717, 1.165) is 16.7 Å². The van der Waals surface area contributed by atoms with Crippen molar-refractivity contribution in [1.29, 1.82) is 0 Å². The molecule has 0 amide bonds. The maximum Gasteiger partial charge on any atom is 0.309 e. The van der Waals surface area contributed by atoms with Crippen molar-refractivity contribution in [3.05, 3.63) is 22.8 Å². The van der Waals surface area contributed by atoms with Crippen molar-refractivity contribution < 1.29 is 23.9 Å². The zero-order chi connectivity index (χ0) is 18.5. The Hall–Kier alpha value is -1.91. The Morgan fingerprint density at radius 1 is 1.32 bits per heavy atom. The highest BCUT2D eigenvalue weighted by molar-refractivity contribution is 6.09. The third-order valence-corrected chi connectivity index (χ3v) is 5.59. The summed E-state index contributed by atoms with van der Waals surface area (Å²) in [5, 5.41) is 0. The Morgan fingerprint density at radius 3 is 2.64 bits per heavy atom. The fourth-order valence-corrected chi connectivity index (χ4v) is 4.46. The molecular formula is C20H26O5. The Bertz CT molecular complexity index is 684. The minimum atomic E-state index is -0.436. The highest BCUT2D eigenvalue weighted by Gasteiger charge is 2.55. The molecule has 3 rings (SSSR count). The molecule has 0 spiro atoms. The summed E-state index contributed by atoms with van der Waals surface area (Å²) in [5.74, 6) is -1.12.